The van der Waals surface area contributed by atoms with Crippen LogP contribution in [0.25, 0.3) is 0 Å². The standard InChI is InChI=1S/C12H21NOS/c1-11-6-9-15-12(11)10-13-7-4-3-5-8-14-2/h6,9,13H,3-5,7-8,10H2,1-2H3. The van der Waals surface area contributed by atoms with Crippen LogP contribution in [0, 0.1) is 6.92 Å². The molecule has 0 bridgehead atoms. The summed E-state index contributed by atoms with van der Waals surface area (Å²) in [5.41, 5.74) is 1.41. The van der Waals surface area contributed by atoms with Crippen LogP contribution in [0.1, 0.15) is 29.7 Å². The van der Waals surface area contributed by atoms with Crippen molar-refractivity contribution in [3.63, 3.8) is 0 Å². The molecule has 2 nitrogen and oxygen atoms in total. The topological polar surface area (TPSA) is 21.3 Å². The summed E-state index contributed by atoms with van der Waals surface area (Å²) in [6.07, 6.45) is 3.67. The summed E-state index contributed by atoms with van der Waals surface area (Å²) < 4.78 is 5.00. The Hall–Kier alpha value is -0.380. The minimum Gasteiger partial charge on any atom is -0.385 e. The third-order valence-electron chi connectivity index (χ3n) is 2.46. The van der Waals surface area contributed by atoms with Crippen molar-refractivity contribution in [2.24, 2.45) is 0 Å². The van der Waals surface area contributed by atoms with Crippen LogP contribution in [0.2, 0.25) is 0 Å². The first-order chi connectivity index (χ1) is 7.34. The molecule has 3 heteroatoms. The summed E-state index contributed by atoms with van der Waals surface area (Å²) in [4.78, 5) is 1.46. The van der Waals surface area contributed by atoms with Crippen molar-refractivity contribution in [2.45, 2.75) is 32.7 Å². The van der Waals surface area contributed by atoms with E-state index in [2.05, 4.69) is 23.7 Å². The number of ether oxygens (including phenoxy) is 1. The van der Waals surface area contributed by atoms with E-state index in [4.69, 9.17) is 4.74 Å². The normalized spacial score (nSPS) is 10.8. The predicted molar refractivity (Wildman–Crippen MR) is 66.5 cm³/mol. The van der Waals surface area contributed by atoms with Crippen LogP contribution in [0.5, 0.6) is 0 Å². The molecule has 0 aliphatic rings. The van der Waals surface area contributed by atoms with Crippen molar-refractivity contribution in [1.82, 2.24) is 5.32 Å². The van der Waals surface area contributed by atoms with Gasteiger partial charge in [0.2, 0.25) is 0 Å². The lowest BCUT2D eigenvalue weighted by atomic mass is 10.2. The van der Waals surface area contributed by atoms with Crippen molar-refractivity contribution >= 4 is 11.3 Å². The van der Waals surface area contributed by atoms with Crippen molar-refractivity contribution in [2.75, 3.05) is 20.3 Å². The fraction of sp³-hybridized carbons (Fsp3) is 0.667. The van der Waals surface area contributed by atoms with Crippen molar-refractivity contribution < 1.29 is 4.74 Å². The first-order valence-corrected chi connectivity index (χ1v) is 6.45. The van der Waals surface area contributed by atoms with Crippen LogP contribution >= 0.6 is 11.3 Å². The first kappa shape index (κ1) is 12.7. The highest BCUT2D eigenvalue weighted by Crippen LogP contribution is 2.14. The van der Waals surface area contributed by atoms with Gasteiger partial charge in [-0.2, -0.15) is 0 Å². The van der Waals surface area contributed by atoms with Crippen molar-refractivity contribution in [3.8, 4) is 0 Å². The zero-order valence-corrected chi connectivity index (χ0v) is 10.5. The maximum atomic E-state index is 5.00. The number of nitrogens with one attached hydrogen (secondary N) is 1. The van der Waals surface area contributed by atoms with Gasteiger partial charge in [0.05, 0.1) is 0 Å². The van der Waals surface area contributed by atoms with E-state index in [0.717, 1.165) is 19.7 Å². The third kappa shape index (κ3) is 5.30. The van der Waals surface area contributed by atoms with Crippen LogP contribution in [-0.4, -0.2) is 20.3 Å². The molecule has 0 aliphatic carbocycles. The van der Waals surface area contributed by atoms with Gasteiger partial charge in [-0.3, -0.25) is 0 Å². The van der Waals surface area contributed by atoms with Crippen molar-refractivity contribution in [1.29, 1.82) is 0 Å². The van der Waals surface area contributed by atoms with E-state index in [0.29, 0.717) is 0 Å². The Labute approximate surface area is 96.7 Å². The van der Waals surface area contributed by atoms with Crippen LogP contribution in [0.3, 0.4) is 0 Å². The molecule has 1 aromatic heterocycles. The minimum atomic E-state index is 0.893. The van der Waals surface area contributed by atoms with Gasteiger partial charge in [-0.15, -0.1) is 11.3 Å². The average molecular weight is 227 g/mol. The van der Waals surface area contributed by atoms with E-state index in [9.17, 15) is 0 Å². The quantitative estimate of drug-likeness (QED) is 0.689. The van der Waals surface area contributed by atoms with E-state index in [1.165, 1.54) is 29.7 Å². The highest BCUT2D eigenvalue weighted by atomic mass is 32.1. The monoisotopic (exact) mass is 227 g/mol. The van der Waals surface area contributed by atoms with Gasteiger partial charge in [0.15, 0.2) is 0 Å². The molecule has 0 aliphatic heterocycles. The summed E-state index contributed by atoms with van der Waals surface area (Å²) in [5, 5.41) is 5.63. The fourth-order valence-electron chi connectivity index (χ4n) is 1.46. The molecule has 86 valence electrons. The molecule has 0 fully saturated rings. The van der Waals surface area contributed by atoms with Crippen LogP contribution in [0.15, 0.2) is 11.4 Å². The fourth-order valence-corrected chi connectivity index (χ4v) is 2.34. The van der Waals surface area contributed by atoms with Gasteiger partial charge in [-0.25, -0.2) is 0 Å². The minimum absolute atomic E-state index is 0.893. The number of rotatable bonds is 8. The molecule has 0 saturated carbocycles. The number of aryl methyl sites for hydroxylation is 1. The zero-order valence-electron chi connectivity index (χ0n) is 9.71. The smallest absolute Gasteiger partial charge is 0.0462 e. The van der Waals surface area contributed by atoms with Gasteiger partial charge in [-0.1, -0.05) is 0 Å². The largest absolute Gasteiger partial charge is 0.385 e. The van der Waals surface area contributed by atoms with Gasteiger partial charge >= 0.3 is 0 Å². The number of methoxy groups -OCH3 is 1. The number of hydrogen-bond acceptors (Lipinski definition) is 3. The molecule has 0 saturated heterocycles. The Balaban J connectivity index is 1.96. The molecular formula is C12H21NOS. The Bertz CT molecular complexity index is 260. The van der Waals surface area contributed by atoms with Crippen LogP contribution in [0.4, 0.5) is 0 Å². The molecule has 1 N–H and O–H groups in total. The van der Waals surface area contributed by atoms with Gasteiger partial charge in [0, 0.05) is 25.1 Å². The average Bonchev–Trinajstić information content (AvgIpc) is 2.63. The molecule has 1 heterocycles. The highest BCUT2D eigenvalue weighted by Gasteiger charge is 1.97. The van der Waals surface area contributed by atoms with Crippen LogP contribution in [-0.2, 0) is 11.3 Å². The molecule has 1 aromatic rings. The SMILES string of the molecule is COCCCCCNCc1sccc1C. The molecule has 0 amide bonds. The second-order valence-electron chi connectivity index (χ2n) is 3.76. The molecule has 0 aromatic carbocycles. The van der Waals surface area contributed by atoms with E-state index < -0.39 is 0 Å². The first-order valence-electron chi connectivity index (χ1n) is 5.57. The lowest BCUT2D eigenvalue weighted by Crippen LogP contribution is -2.14. The number of unbranched alkanes of at least 4 members (excludes halogenated alkanes) is 2. The molecule has 0 unspecified atom stereocenters. The Morgan fingerprint density at radius 2 is 2.20 bits per heavy atom. The maximum absolute atomic E-state index is 5.00. The van der Waals surface area contributed by atoms with Gasteiger partial charge < -0.3 is 10.1 Å². The predicted octanol–water partition coefficient (Wildman–Crippen LogP) is 2.96. The molecule has 1 rings (SSSR count). The zero-order chi connectivity index (χ0) is 10.9. The lowest BCUT2D eigenvalue weighted by Gasteiger charge is -2.04. The number of hydrogen-bond donors (Lipinski definition) is 1. The van der Waals surface area contributed by atoms with E-state index in [-0.39, 0.29) is 0 Å². The molecule has 0 atom stereocenters. The maximum Gasteiger partial charge on any atom is 0.0462 e. The summed E-state index contributed by atoms with van der Waals surface area (Å²) in [6.45, 7) is 5.20. The van der Waals surface area contributed by atoms with Gasteiger partial charge in [0.25, 0.3) is 0 Å². The van der Waals surface area contributed by atoms with E-state index in [1.54, 1.807) is 7.11 Å². The Morgan fingerprint density at radius 3 is 2.87 bits per heavy atom. The highest BCUT2D eigenvalue weighted by molar-refractivity contribution is 7.10. The van der Waals surface area contributed by atoms with Crippen LogP contribution < -0.4 is 5.32 Å². The van der Waals surface area contributed by atoms with Crippen molar-refractivity contribution in [3.05, 3.63) is 21.9 Å². The third-order valence-corrected chi connectivity index (χ3v) is 3.48. The lowest BCUT2D eigenvalue weighted by molar-refractivity contribution is 0.192. The van der Waals surface area contributed by atoms with E-state index >= 15 is 0 Å². The molecule has 0 spiro atoms. The Morgan fingerprint density at radius 1 is 1.33 bits per heavy atom. The van der Waals surface area contributed by atoms with Gasteiger partial charge in [0.1, 0.15) is 0 Å². The Kier molecular flexibility index (Phi) is 6.64. The summed E-state index contributed by atoms with van der Waals surface area (Å²) >= 11 is 1.84. The molecule has 0 radical (unpaired) electrons. The second-order valence-corrected chi connectivity index (χ2v) is 4.76. The second kappa shape index (κ2) is 7.85. The number of thiophene rings is 1. The van der Waals surface area contributed by atoms with E-state index in [1.807, 2.05) is 11.3 Å². The molecular weight excluding hydrogens is 206 g/mol. The summed E-state index contributed by atoms with van der Waals surface area (Å²) in [6, 6.07) is 2.18. The summed E-state index contributed by atoms with van der Waals surface area (Å²) in [7, 11) is 1.76. The molecule has 15 heavy (non-hydrogen) atoms. The summed E-state index contributed by atoms with van der Waals surface area (Å²) in [5.74, 6) is 0. The van der Waals surface area contributed by atoms with Gasteiger partial charge in [-0.05, 0) is 49.7 Å².